The van der Waals surface area contributed by atoms with Crippen LogP contribution in [0, 0.1) is 0 Å². The van der Waals surface area contributed by atoms with Crippen molar-refractivity contribution in [2.45, 2.75) is 13.5 Å². The summed E-state index contributed by atoms with van der Waals surface area (Å²) in [6.45, 7) is 2.58. The summed E-state index contributed by atoms with van der Waals surface area (Å²) in [6, 6.07) is 6.85. The Kier molecular flexibility index (Phi) is 3.85. The van der Waals surface area contributed by atoms with Crippen molar-refractivity contribution in [1.82, 2.24) is 9.78 Å². The number of rotatable bonds is 5. The first-order chi connectivity index (χ1) is 9.21. The molecule has 0 radical (unpaired) electrons. The lowest BCUT2D eigenvalue weighted by molar-refractivity contribution is 0.102. The fourth-order valence-electron chi connectivity index (χ4n) is 1.91. The van der Waals surface area contributed by atoms with Gasteiger partial charge >= 0.3 is 0 Å². The molecule has 0 amide bonds. The van der Waals surface area contributed by atoms with Crippen molar-refractivity contribution in [1.29, 1.82) is 0 Å². The van der Waals surface area contributed by atoms with Crippen LogP contribution in [0.1, 0.15) is 23.0 Å². The Morgan fingerprint density at radius 1 is 1.26 bits per heavy atom. The minimum absolute atomic E-state index is 0.130. The summed E-state index contributed by atoms with van der Waals surface area (Å²) in [5.74, 6) is 1.01. The maximum atomic E-state index is 12.5. The van der Waals surface area contributed by atoms with Gasteiger partial charge in [0.25, 0.3) is 0 Å². The number of hydrogen-bond donors (Lipinski definition) is 0. The molecule has 0 saturated heterocycles. The summed E-state index contributed by atoms with van der Waals surface area (Å²) in [5, 5.41) is 4.10. The standard InChI is InChI=1S/C14H16N2O3/c1-4-16-12(7-8-15-16)14(17)11-9-10(18-2)5-6-13(11)19-3/h5-9H,4H2,1-3H3. The largest absolute Gasteiger partial charge is 0.497 e. The van der Waals surface area contributed by atoms with Crippen LogP contribution in [0.25, 0.3) is 0 Å². The van der Waals surface area contributed by atoms with Crippen LogP contribution in [0.5, 0.6) is 11.5 Å². The summed E-state index contributed by atoms with van der Waals surface area (Å²) >= 11 is 0. The minimum Gasteiger partial charge on any atom is -0.497 e. The number of carbonyl (C=O) groups excluding carboxylic acids is 1. The molecule has 0 aliphatic rings. The van der Waals surface area contributed by atoms with Gasteiger partial charge in [-0.1, -0.05) is 0 Å². The number of ketones is 1. The van der Waals surface area contributed by atoms with Crippen LogP contribution >= 0.6 is 0 Å². The van der Waals surface area contributed by atoms with Crippen molar-refractivity contribution in [3.63, 3.8) is 0 Å². The molecular weight excluding hydrogens is 244 g/mol. The molecule has 1 heterocycles. The van der Waals surface area contributed by atoms with Crippen LogP contribution in [-0.2, 0) is 6.54 Å². The second-order valence-electron chi connectivity index (χ2n) is 3.93. The quantitative estimate of drug-likeness (QED) is 0.773. The Hall–Kier alpha value is -2.30. The van der Waals surface area contributed by atoms with Crippen molar-refractivity contribution in [3.8, 4) is 11.5 Å². The molecule has 0 unspecified atom stereocenters. The normalized spacial score (nSPS) is 10.3. The van der Waals surface area contributed by atoms with Crippen LogP contribution in [0.15, 0.2) is 30.5 Å². The van der Waals surface area contributed by atoms with Gasteiger partial charge < -0.3 is 9.47 Å². The van der Waals surface area contributed by atoms with Crippen molar-refractivity contribution in [2.24, 2.45) is 0 Å². The molecule has 2 rings (SSSR count). The van der Waals surface area contributed by atoms with Gasteiger partial charge in [0.1, 0.15) is 17.2 Å². The average Bonchev–Trinajstić information content (AvgIpc) is 2.94. The maximum absolute atomic E-state index is 12.5. The van der Waals surface area contributed by atoms with E-state index in [1.54, 1.807) is 42.3 Å². The molecule has 0 fully saturated rings. The predicted molar refractivity (Wildman–Crippen MR) is 70.9 cm³/mol. The number of benzene rings is 1. The zero-order valence-corrected chi connectivity index (χ0v) is 11.2. The summed E-state index contributed by atoms with van der Waals surface area (Å²) in [7, 11) is 3.10. The molecule has 0 N–H and O–H groups in total. The monoisotopic (exact) mass is 260 g/mol. The van der Waals surface area contributed by atoms with Gasteiger partial charge in [-0.15, -0.1) is 0 Å². The number of aromatic nitrogens is 2. The number of aryl methyl sites for hydroxylation is 1. The molecule has 5 nitrogen and oxygen atoms in total. The highest BCUT2D eigenvalue weighted by molar-refractivity contribution is 6.09. The molecule has 2 aromatic rings. The van der Waals surface area contributed by atoms with E-state index in [4.69, 9.17) is 9.47 Å². The van der Waals surface area contributed by atoms with Gasteiger partial charge in [0.2, 0.25) is 5.78 Å². The fourth-order valence-corrected chi connectivity index (χ4v) is 1.91. The predicted octanol–water partition coefficient (Wildman–Crippen LogP) is 2.15. The topological polar surface area (TPSA) is 53.4 Å². The first-order valence-electron chi connectivity index (χ1n) is 5.99. The van der Waals surface area contributed by atoms with E-state index < -0.39 is 0 Å². The molecule has 100 valence electrons. The average molecular weight is 260 g/mol. The third kappa shape index (κ3) is 2.45. The van der Waals surface area contributed by atoms with Crippen molar-refractivity contribution in [2.75, 3.05) is 14.2 Å². The second kappa shape index (κ2) is 5.56. The smallest absolute Gasteiger partial charge is 0.214 e. The van der Waals surface area contributed by atoms with Gasteiger partial charge in [-0.25, -0.2) is 0 Å². The number of hydrogen-bond acceptors (Lipinski definition) is 4. The molecular formula is C14H16N2O3. The molecule has 0 spiro atoms. The zero-order valence-electron chi connectivity index (χ0n) is 11.2. The minimum atomic E-state index is -0.130. The van der Waals surface area contributed by atoms with Gasteiger partial charge in [-0.3, -0.25) is 9.48 Å². The molecule has 1 aromatic heterocycles. The second-order valence-corrected chi connectivity index (χ2v) is 3.93. The van der Waals surface area contributed by atoms with E-state index in [9.17, 15) is 4.79 Å². The summed E-state index contributed by atoms with van der Waals surface area (Å²) in [6.07, 6.45) is 1.61. The number of ether oxygens (including phenoxy) is 2. The van der Waals surface area contributed by atoms with Crippen LogP contribution < -0.4 is 9.47 Å². The van der Waals surface area contributed by atoms with Crippen molar-refractivity contribution < 1.29 is 14.3 Å². The van der Waals surface area contributed by atoms with E-state index in [2.05, 4.69) is 5.10 Å². The van der Waals surface area contributed by atoms with Crippen LogP contribution in [0.2, 0.25) is 0 Å². The van der Waals surface area contributed by atoms with Gasteiger partial charge in [0, 0.05) is 12.7 Å². The Labute approximate surface area is 111 Å². The molecule has 0 aliphatic carbocycles. The molecule has 0 aliphatic heterocycles. The third-order valence-corrected chi connectivity index (χ3v) is 2.90. The Morgan fingerprint density at radius 2 is 2.05 bits per heavy atom. The van der Waals surface area contributed by atoms with Crippen LogP contribution in [-0.4, -0.2) is 29.8 Å². The number of nitrogens with zero attached hydrogens (tertiary/aromatic N) is 2. The molecule has 1 aromatic carbocycles. The Balaban J connectivity index is 2.48. The van der Waals surface area contributed by atoms with Crippen LogP contribution in [0.4, 0.5) is 0 Å². The van der Waals surface area contributed by atoms with Gasteiger partial charge in [-0.2, -0.15) is 5.10 Å². The first kappa shape index (κ1) is 13.1. The molecule has 5 heteroatoms. The molecule has 0 bridgehead atoms. The van der Waals surface area contributed by atoms with E-state index >= 15 is 0 Å². The molecule has 0 atom stereocenters. The molecule has 19 heavy (non-hydrogen) atoms. The lowest BCUT2D eigenvalue weighted by Crippen LogP contribution is -2.11. The fraction of sp³-hybridized carbons (Fsp3) is 0.286. The van der Waals surface area contributed by atoms with Gasteiger partial charge in [0.05, 0.1) is 19.8 Å². The number of carbonyl (C=O) groups is 1. The summed E-state index contributed by atoms with van der Waals surface area (Å²) < 4.78 is 12.0. The lowest BCUT2D eigenvalue weighted by atomic mass is 10.1. The van der Waals surface area contributed by atoms with E-state index in [1.165, 1.54) is 7.11 Å². The SMILES string of the molecule is CCn1nccc1C(=O)c1cc(OC)ccc1OC. The highest BCUT2D eigenvalue weighted by atomic mass is 16.5. The van der Waals surface area contributed by atoms with Crippen molar-refractivity contribution >= 4 is 5.78 Å². The van der Waals surface area contributed by atoms with E-state index in [1.807, 2.05) is 6.92 Å². The van der Waals surface area contributed by atoms with E-state index in [0.29, 0.717) is 29.3 Å². The molecule has 0 saturated carbocycles. The summed E-state index contributed by atoms with van der Waals surface area (Å²) in [4.78, 5) is 12.5. The number of methoxy groups -OCH3 is 2. The maximum Gasteiger partial charge on any atom is 0.214 e. The Morgan fingerprint density at radius 3 is 2.68 bits per heavy atom. The first-order valence-corrected chi connectivity index (χ1v) is 5.99. The Bertz CT molecular complexity index is 590. The highest BCUT2D eigenvalue weighted by Gasteiger charge is 2.18. The van der Waals surface area contributed by atoms with Crippen LogP contribution in [0.3, 0.4) is 0 Å². The highest BCUT2D eigenvalue weighted by Crippen LogP contribution is 2.26. The third-order valence-electron chi connectivity index (χ3n) is 2.90. The van der Waals surface area contributed by atoms with Gasteiger partial charge in [-0.05, 0) is 31.2 Å². The summed E-state index contributed by atoms with van der Waals surface area (Å²) in [5.41, 5.74) is 1.01. The zero-order chi connectivity index (χ0) is 13.8. The van der Waals surface area contributed by atoms with Crippen molar-refractivity contribution in [3.05, 3.63) is 41.7 Å². The van der Waals surface area contributed by atoms with E-state index in [0.717, 1.165) is 0 Å². The van der Waals surface area contributed by atoms with Gasteiger partial charge in [0.15, 0.2) is 0 Å². The lowest BCUT2D eigenvalue weighted by Gasteiger charge is -2.10. The van der Waals surface area contributed by atoms with E-state index in [-0.39, 0.29) is 5.78 Å².